The minimum atomic E-state index is -0.733. The molecule has 19 heavy (non-hydrogen) atoms. The van der Waals surface area contributed by atoms with Gasteiger partial charge in [0.25, 0.3) is 0 Å². The zero-order valence-corrected chi connectivity index (χ0v) is 12.3. The number of aromatic nitrogens is 4. The molecule has 0 fully saturated rings. The monoisotopic (exact) mass is 324 g/mol. The maximum Gasteiger partial charge on any atom is 0.209 e. The van der Waals surface area contributed by atoms with Crippen LogP contribution in [0.2, 0.25) is 0 Å². The zero-order chi connectivity index (χ0) is 13.7. The summed E-state index contributed by atoms with van der Waals surface area (Å²) >= 11 is 3.33. The molecular formula is C11H13BrN6O. The molecule has 1 unspecified atom stereocenters. The van der Waals surface area contributed by atoms with Gasteiger partial charge in [0.2, 0.25) is 6.35 Å². The van der Waals surface area contributed by atoms with Crippen molar-refractivity contribution in [2.24, 2.45) is 7.05 Å². The molecule has 0 saturated heterocycles. The van der Waals surface area contributed by atoms with E-state index in [-0.39, 0.29) is 0 Å². The Hall–Kier alpha value is -1.67. The van der Waals surface area contributed by atoms with E-state index in [0.29, 0.717) is 17.3 Å². The fourth-order valence-corrected chi connectivity index (χ4v) is 2.59. The van der Waals surface area contributed by atoms with Gasteiger partial charge in [-0.05, 0) is 15.9 Å². The Morgan fingerprint density at radius 3 is 2.53 bits per heavy atom. The Morgan fingerprint density at radius 1 is 1.21 bits per heavy atom. The highest BCUT2D eigenvalue weighted by molar-refractivity contribution is 9.10. The highest BCUT2D eigenvalue weighted by Gasteiger charge is 2.32. The Morgan fingerprint density at radius 2 is 1.89 bits per heavy atom. The standard InChI is InChI=1S/C11H13BrN6O/c1-16-9-10(17(2)11(16)19)14-6(5-13-9)7-4-8(12)15-18(7)3/h4-5,11,19H,1-3H3. The summed E-state index contributed by atoms with van der Waals surface area (Å²) in [5, 5.41) is 14.2. The van der Waals surface area contributed by atoms with Gasteiger partial charge in [-0.2, -0.15) is 5.10 Å². The fraction of sp³-hybridized carbons (Fsp3) is 0.364. The quantitative estimate of drug-likeness (QED) is 0.836. The zero-order valence-electron chi connectivity index (χ0n) is 10.7. The molecule has 8 heteroatoms. The summed E-state index contributed by atoms with van der Waals surface area (Å²) in [5.74, 6) is 1.32. The molecule has 0 amide bonds. The SMILES string of the molecule is CN1c2ncc(-c3cc(Br)nn3C)nc2N(C)C1O. The molecule has 0 aliphatic carbocycles. The number of aliphatic hydroxyl groups is 1. The van der Waals surface area contributed by atoms with E-state index in [2.05, 4.69) is 31.0 Å². The maximum atomic E-state index is 9.95. The number of rotatable bonds is 1. The van der Waals surface area contributed by atoms with Crippen LogP contribution in [-0.4, -0.2) is 45.3 Å². The molecule has 1 aliphatic rings. The first-order chi connectivity index (χ1) is 8.99. The van der Waals surface area contributed by atoms with Crippen LogP contribution in [0.15, 0.2) is 16.9 Å². The first kappa shape index (κ1) is 12.4. The normalized spacial score (nSPS) is 18.1. The van der Waals surface area contributed by atoms with Crippen LogP contribution < -0.4 is 9.80 Å². The van der Waals surface area contributed by atoms with Gasteiger partial charge in [-0.3, -0.25) is 4.68 Å². The highest BCUT2D eigenvalue weighted by atomic mass is 79.9. The summed E-state index contributed by atoms with van der Waals surface area (Å²) in [4.78, 5) is 12.3. The molecule has 0 saturated carbocycles. The van der Waals surface area contributed by atoms with E-state index in [0.717, 1.165) is 10.3 Å². The molecule has 0 aromatic carbocycles. The Labute approximate surface area is 118 Å². The van der Waals surface area contributed by atoms with Gasteiger partial charge < -0.3 is 14.9 Å². The van der Waals surface area contributed by atoms with E-state index < -0.39 is 6.35 Å². The number of anilines is 2. The molecule has 3 rings (SSSR count). The molecule has 1 aliphatic heterocycles. The van der Waals surface area contributed by atoms with Gasteiger partial charge in [-0.1, -0.05) is 0 Å². The fourth-order valence-electron chi connectivity index (χ4n) is 2.13. The number of halogens is 1. The van der Waals surface area contributed by atoms with Crippen molar-refractivity contribution in [3.63, 3.8) is 0 Å². The number of aryl methyl sites for hydroxylation is 1. The van der Waals surface area contributed by atoms with Crippen molar-refractivity contribution in [2.75, 3.05) is 23.9 Å². The number of hydrogen-bond acceptors (Lipinski definition) is 6. The number of aliphatic hydroxyl groups excluding tert-OH is 1. The highest BCUT2D eigenvalue weighted by Crippen LogP contribution is 2.34. The molecular weight excluding hydrogens is 312 g/mol. The van der Waals surface area contributed by atoms with E-state index in [1.807, 2.05) is 13.1 Å². The van der Waals surface area contributed by atoms with Crippen LogP contribution in [0.1, 0.15) is 0 Å². The lowest BCUT2D eigenvalue weighted by atomic mass is 10.3. The van der Waals surface area contributed by atoms with E-state index in [1.54, 1.807) is 34.8 Å². The molecule has 100 valence electrons. The van der Waals surface area contributed by atoms with Gasteiger partial charge in [-0.15, -0.1) is 0 Å². The summed E-state index contributed by atoms with van der Waals surface area (Å²) in [6.45, 7) is 0. The van der Waals surface area contributed by atoms with Crippen molar-refractivity contribution >= 4 is 27.6 Å². The van der Waals surface area contributed by atoms with E-state index >= 15 is 0 Å². The topological polar surface area (TPSA) is 70.3 Å². The van der Waals surface area contributed by atoms with Crippen molar-refractivity contribution in [2.45, 2.75) is 6.35 Å². The lowest BCUT2D eigenvalue weighted by Gasteiger charge is -2.20. The predicted octanol–water partition coefficient (Wildman–Crippen LogP) is 0.801. The van der Waals surface area contributed by atoms with Crippen molar-refractivity contribution < 1.29 is 5.11 Å². The van der Waals surface area contributed by atoms with E-state index in [4.69, 9.17) is 0 Å². The molecule has 1 N–H and O–H groups in total. The Kier molecular flexibility index (Phi) is 2.72. The number of hydrogen-bond donors (Lipinski definition) is 1. The number of nitrogens with zero attached hydrogens (tertiary/aromatic N) is 6. The summed E-state index contributed by atoms with van der Waals surface area (Å²) < 4.78 is 2.48. The maximum absolute atomic E-state index is 9.95. The smallest absolute Gasteiger partial charge is 0.209 e. The van der Waals surface area contributed by atoms with Crippen LogP contribution in [-0.2, 0) is 7.05 Å². The van der Waals surface area contributed by atoms with Crippen molar-refractivity contribution in [1.82, 2.24) is 19.7 Å². The second-order valence-electron chi connectivity index (χ2n) is 4.45. The van der Waals surface area contributed by atoms with Crippen LogP contribution in [0.3, 0.4) is 0 Å². The van der Waals surface area contributed by atoms with E-state index in [9.17, 15) is 5.11 Å². The van der Waals surface area contributed by atoms with Gasteiger partial charge in [0.15, 0.2) is 11.6 Å². The summed E-state index contributed by atoms with van der Waals surface area (Å²) in [5.41, 5.74) is 1.58. The van der Waals surface area contributed by atoms with Gasteiger partial charge >= 0.3 is 0 Å². The minimum absolute atomic E-state index is 0.657. The minimum Gasteiger partial charge on any atom is -0.356 e. The van der Waals surface area contributed by atoms with Crippen LogP contribution in [0.25, 0.3) is 11.4 Å². The first-order valence-electron chi connectivity index (χ1n) is 5.69. The van der Waals surface area contributed by atoms with E-state index in [1.165, 1.54) is 0 Å². The summed E-state index contributed by atoms with van der Waals surface area (Å²) in [6, 6.07) is 1.88. The average molecular weight is 325 g/mol. The lowest BCUT2D eigenvalue weighted by Crippen LogP contribution is -2.38. The molecule has 2 aromatic rings. The third-order valence-corrected chi connectivity index (χ3v) is 3.60. The van der Waals surface area contributed by atoms with Gasteiger partial charge in [-0.25, -0.2) is 9.97 Å². The van der Waals surface area contributed by atoms with Gasteiger partial charge in [0.05, 0.1) is 11.9 Å². The summed E-state index contributed by atoms with van der Waals surface area (Å²) in [7, 11) is 5.41. The molecule has 0 bridgehead atoms. The second kappa shape index (κ2) is 4.17. The van der Waals surface area contributed by atoms with Crippen LogP contribution in [0.5, 0.6) is 0 Å². The number of fused-ring (bicyclic) bond motifs is 1. The van der Waals surface area contributed by atoms with Crippen molar-refractivity contribution in [1.29, 1.82) is 0 Å². The first-order valence-corrected chi connectivity index (χ1v) is 6.49. The lowest BCUT2D eigenvalue weighted by molar-refractivity contribution is 0.183. The molecule has 0 spiro atoms. The predicted molar refractivity (Wildman–Crippen MR) is 74.7 cm³/mol. The molecule has 3 heterocycles. The molecule has 0 radical (unpaired) electrons. The average Bonchev–Trinajstić information content (AvgIpc) is 2.83. The molecule has 2 aromatic heterocycles. The molecule has 7 nitrogen and oxygen atoms in total. The molecule has 1 atom stereocenters. The van der Waals surface area contributed by atoms with Gasteiger partial charge in [0.1, 0.15) is 10.3 Å². The van der Waals surface area contributed by atoms with Crippen LogP contribution >= 0.6 is 15.9 Å². The van der Waals surface area contributed by atoms with Crippen LogP contribution in [0.4, 0.5) is 11.6 Å². The van der Waals surface area contributed by atoms with Crippen LogP contribution in [0, 0.1) is 0 Å². The summed E-state index contributed by atoms with van der Waals surface area (Å²) in [6.07, 6.45) is 0.952. The Balaban J connectivity index is 2.11. The van der Waals surface area contributed by atoms with Crippen molar-refractivity contribution in [3.05, 3.63) is 16.9 Å². The second-order valence-corrected chi connectivity index (χ2v) is 5.26. The third-order valence-electron chi connectivity index (χ3n) is 3.21. The van der Waals surface area contributed by atoms with Gasteiger partial charge in [0, 0.05) is 27.2 Å². The Bertz CT molecular complexity index is 642. The largest absolute Gasteiger partial charge is 0.356 e. The van der Waals surface area contributed by atoms with Crippen molar-refractivity contribution in [3.8, 4) is 11.4 Å². The third kappa shape index (κ3) is 1.79.